The molecule has 2 rings (SSSR count). The molecule has 0 radical (unpaired) electrons. The van der Waals surface area contributed by atoms with Crippen molar-refractivity contribution < 1.29 is 4.74 Å². The van der Waals surface area contributed by atoms with Crippen LogP contribution in [-0.4, -0.2) is 25.2 Å². The van der Waals surface area contributed by atoms with Crippen LogP contribution in [0, 0.1) is 0 Å². The van der Waals surface area contributed by atoms with Gasteiger partial charge in [-0.05, 0) is 31.2 Å². The van der Waals surface area contributed by atoms with Crippen LogP contribution in [0.15, 0.2) is 36.5 Å². The van der Waals surface area contributed by atoms with Gasteiger partial charge < -0.3 is 10.1 Å². The minimum absolute atomic E-state index is 0.165. The zero-order chi connectivity index (χ0) is 13.0. The number of rotatable bonds is 5. The van der Waals surface area contributed by atoms with Crippen LogP contribution in [-0.2, 0) is 4.74 Å². The van der Waals surface area contributed by atoms with Crippen molar-refractivity contribution in [3.63, 3.8) is 0 Å². The summed E-state index contributed by atoms with van der Waals surface area (Å²) in [5, 5.41) is 4.49. The molecule has 0 aliphatic carbocycles. The van der Waals surface area contributed by atoms with Gasteiger partial charge in [0.05, 0.1) is 17.7 Å². The molecule has 2 aromatic rings. The van der Waals surface area contributed by atoms with Gasteiger partial charge in [0.1, 0.15) is 0 Å². The number of hydrogen-bond acceptors (Lipinski definition) is 3. The van der Waals surface area contributed by atoms with E-state index in [0.29, 0.717) is 0 Å². The maximum atomic E-state index is 5.53. The molecule has 0 spiro atoms. The number of hydrogen-bond donors (Lipinski definition) is 1. The Bertz CT molecular complexity index is 509. The molecule has 3 nitrogen and oxygen atoms in total. The van der Waals surface area contributed by atoms with Crippen molar-refractivity contribution in [2.45, 2.75) is 25.5 Å². The van der Waals surface area contributed by atoms with E-state index in [1.54, 1.807) is 7.11 Å². The summed E-state index contributed by atoms with van der Waals surface area (Å²) in [5.41, 5.74) is 2.20. The molecule has 0 saturated carbocycles. The van der Waals surface area contributed by atoms with E-state index in [-0.39, 0.29) is 12.1 Å². The molecule has 18 heavy (non-hydrogen) atoms. The molecule has 2 atom stereocenters. The van der Waals surface area contributed by atoms with E-state index < -0.39 is 0 Å². The first-order valence-corrected chi connectivity index (χ1v) is 6.35. The number of methoxy groups -OCH3 is 1. The summed E-state index contributed by atoms with van der Waals surface area (Å²) in [6.07, 6.45) is 3.07. The number of nitrogens with zero attached hydrogens (tertiary/aromatic N) is 1. The van der Waals surface area contributed by atoms with E-state index in [1.165, 1.54) is 10.9 Å². The van der Waals surface area contributed by atoms with Gasteiger partial charge in [-0.15, -0.1) is 0 Å². The largest absolute Gasteiger partial charge is 0.379 e. The molecule has 0 aliphatic rings. The molecular formula is C15H20N2O. The number of para-hydroxylation sites is 1. The highest BCUT2D eigenvalue weighted by Gasteiger charge is 2.20. The summed E-state index contributed by atoms with van der Waals surface area (Å²) in [6, 6.07) is 10.5. The number of aromatic nitrogens is 1. The molecule has 0 saturated heterocycles. The van der Waals surface area contributed by atoms with Gasteiger partial charge in [-0.1, -0.05) is 25.1 Å². The van der Waals surface area contributed by atoms with Crippen LogP contribution < -0.4 is 5.32 Å². The standard InChI is InChI=1S/C15H20N2O/c1-4-14(18-3)15(16-2)12-9-11-7-5-6-8-13(11)17-10-12/h5-10,14-16H,4H2,1-3H3. The van der Waals surface area contributed by atoms with Crippen LogP contribution >= 0.6 is 0 Å². The van der Waals surface area contributed by atoms with E-state index >= 15 is 0 Å². The Balaban J connectivity index is 2.39. The minimum Gasteiger partial charge on any atom is -0.379 e. The predicted octanol–water partition coefficient (Wildman–Crippen LogP) is 2.92. The van der Waals surface area contributed by atoms with Gasteiger partial charge in [0.2, 0.25) is 0 Å². The normalized spacial score (nSPS) is 14.6. The second-order valence-electron chi connectivity index (χ2n) is 4.41. The van der Waals surface area contributed by atoms with E-state index in [1.807, 2.05) is 31.4 Å². The maximum Gasteiger partial charge on any atom is 0.0763 e. The topological polar surface area (TPSA) is 34.1 Å². The Morgan fingerprint density at radius 1 is 1.33 bits per heavy atom. The summed E-state index contributed by atoms with van der Waals surface area (Å²) in [5.74, 6) is 0. The van der Waals surface area contributed by atoms with Gasteiger partial charge in [-0.3, -0.25) is 4.98 Å². The van der Waals surface area contributed by atoms with Gasteiger partial charge in [-0.2, -0.15) is 0 Å². The Kier molecular flexibility index (Phi) is 4.28. The van der Waals surface area contributed by atoms with E-state index in [2.05, 4.69) is 29.4 Å². The summed E-state index contributed by atoms with van der Waals surface area (Å²) in [4.78, 5) is 4.51. The fourth-order valence-corrected chi connectivity index (χ4v) is 2.36. The summed E-state index contributed by atoms with van der Waals surface area (Å²) in [7, 11) is 3.72. The molecule has 1 aromatic heterocycles. The maximum absolute atomic E-state index is 5.53. The summed E-state index contributed by atoms with van der Waals surface area (Å²) >= 11 is 0. The van der Waals surface area contributed by atoms with Crippen molar-refractivity contribution in [3.8, 4) is 0 Å². The SMILES string of the molecule is CCC(OC)C(NC)c1cnc2ccccc2c1. The third kappa shape index (κ3) is 2.52. The smallest absolute Gasteiger partial charge is 0.0763 e. The van der Waals surface area contributed by atoms with E-state index in [9.17, 15) is 0 Å². The fraction of sp³-hybridized carbons (Fsp3) is 0.400. The zero-order valence-corrected chi connectivity index (χ0v) is 11.2. The fourth-order valence-electron chi connectivity index (χ4n) is 2.36. The summed E-state index contributed by atoms with van der Waals surface area (Å²) in [6.45, 7) is 2.13. The van der Waals surface area contributed by atoms with Crippen LogP contribution in [0.3, 0.4) is 0 Å². The van der Waals surface area contributed by atoms with Crippen molar-refractivity contribution >= 4 is 10.9 Å². The van der Waals surface area contributed by atoms with Crippen molar-refractivity contribution in [2.24, 2.45) is 0 Å². The van der Waals surface area contributed by atoms with Crippen LogP contribution in [0.1, 0.15) is 24.9 Å². The summed E-state index contributed by atoms with van der Waals surface area (Å²) < 4.78 is 5.53. The van der Waals surface area contributed by atoms with Crippen molar-refractivity contribution in [1.82, 2.24) is 10.3 Å². The van der Waals surface area contributed by atoms with Crippen LogP contribution in [0.4, 0.5) is 0 Å². The number of pyridine rings is 1. The third-order valence-electron chi connectivity index (χ3n) is 3.36. The molecule has 0 amide bonds. The lowest BCUT2D eigenvalue weighted by Gasteiger charge is -2.25. The number of benzene rings is 1. The molecule has 96 valence electrons. The molecule has 1 heterocycles. The van der Waals surface area contributed by atoms with Crippen LogP contribution in [0.5, 0.6) is 0 Å². The van der Waals surface area contributed by atoms with Crippen LogP contribution in [0.2, 0.25) is 0 Å². The molecule has 3 heteroatoms. The van der Waals surface area contributed by atoms with Crippen LogP contribution in [0.25, 0.3) is 10.9 Å². The quantitative estimate of drug-likeness (QED) is 0.878. The van der Waals surface area contributed by atoms with Crippen molar-refractivity contribution in [2.75, 3.05) is 14.2 Å². The average molecular weight is 244 g/mol. The highest BCUT2D eigenvalue weighted by Crippen LogP contribution is 2.23. The number of ether oxygens (including phenoxy) is 1. The Morgan fingerprint density at radius 3 is 2.78 bits per heavy atom. The van der Waals surface area contributed by atoms with E-state index in [0.717, 1.165) is 11.9 Å². The molecule has 2 unspecified atom stereocenters. The van der Waals surface area contributed by atoms with E-state index in [4.69, 9.17) is 4.74 Å². The Labute approximate surface area is 108 Å². The first-order valence-electron chi connectivity index (χ1n) is 6.35. The van der Waals surface area contributed by atoms with Gasteiger partial charge in [0, 0.05) is 18.7 Å². The van der Waals surface area contributed by atoms with Gasteiger partial charge >= 0.3 is 0 Å². The number of nitrogens with one attached hydrogen (secondary N) is 1. The van der Waals surface area contributed by atoms with Crippen molar-refractivity contribution in [3.05, 3.63) is 42.1 Å². The van der Waals surface area contributed by atoms with Crippen molar-refractivity contribution in [1.29, 1.82) is 0 Å². The monoisotopic (exact) mass is 244 g/mol. The molecule has 0 fully saturated rings. The van der Waals surface area contributed by atoms with Gasteiger partial charge in [0.25, 0.3) is 0 Å². The highest BCUT2D eigenvalue weighted by atomic mass is 16.5. The van der Waals surface area contributed by atoms with Gasteiger partial charge in [0.15, 0.2) is 0 Å². The Hall–Kier alpha value is -1.45. The second kappa shape index (κ2) is 5.94. The Morgan fingerprint density at radius 2 is 2.11 bits per heavy atom. The molecular weight excluding hydrogens is 224 g/mol. The first-order chi connectivity index (χ1) is 8.80. The predicted molar refractivity (Wildman–Crippen MR) is 74.6 cm³/mol. The van der Waals surface area contributed by atoms with Gasteiger partial charge in [-0.25, -0.2) is 0 Å². The zero-order valence-electron chi connectivity index (χ0n) is 11.2. The first kappa shape index (κ1) is 13.0. The highest BCUT2D eigenvalue weighted by molar-refractivity contribution is 5.78. The molecule has 1 N–H and O–H groups in total. The molecule has 1 aromatic carbocycles. The second-order valence-corrected chi connectivity index (χ2v) is 4.41. The molecule has 0 aliphatic heterocycles. The number of likely N-dealkylation sites (N-methyl/N-ethyl adjacent to an activating group) is 1. The average Bonchev–Trinajstić information content (AvgIpc) is 2.44. The lowest BCUT2D eigenvalue weighted by atomic mass is 10.00. The lowest BCUT2D eigenvalue weighted by molar-refractivity contribution is 0.0675. The lowest BCUT2D eigenvalue weighted by Crippen LogP contribution is -2.30. The minimum atomic E-state index is 0.165. The molecule has 0 bridgehead atoms. The third-order valence-corrected chi connectivity index (χ3v) is 3.36. The number of fused-ring (bicyclic) bond motifs is 1.